The zero-order valence-electron chi connectivity index (χ0n) is 15.7. The number of aromatic amines is 1. The molecular formula is C20H22N8. The Kier molecular flexibility index (Phi) is 4.10. The van der Waals surface area contributed by atoms with Gasteiger partial charge in [0.2, 0.25) is 0 Å². The average Bonchev–Trinajstić information content (AvgIpc) is 3.02. The van der Waals surface area contributed by atoms with Gasteiger partial charge in [-0.3, -0.25) is 10.1 Å². The van der Waals surface area contributed by atoms with Crippen LogP contribution in [0.25, 0.3) is 10.9 Å². The van der Waals surface area contributed by atoms with Crippen molar-refractivity contribution in [2.24, 2.45) is 11.8 Å². The van der Waals surface area contributed by atoms with E-state index in [0.29, 0.717) is 24.3 Å². The molecule has 0 bridgehead atoms. The predicted molar refractivity (Wildman–Crippen MR) is 107 cm³/mol. The van der Waals surface area contributed by atoms with Crippen LogP contribution in [0.5, 0.6) is 0 Å². The van der Waals surface area contributed by atoms with Crippen molar-refractivity contribution in [2.45, 2.75) is 19.4 Å². The molecule has 2 unspecified atom stereocenters. The Hall–Kier alpha value is -3.18. The number of pyridine rings is 2. The second-order valence-corrected chi connectivity index (χ2v) is 7.65. The third-order valence-electron chi connectivity index (χ3n) is 5.67. The number of likely N-dealkylation sites (tertiary alicyclic amines) is 1. The molecule has 0 spiro atoms. The largest absolute Gasteiger partial charge is 0.366 e. The van der Waals surface area contributed by atoms with Crippen molar-refractivity contribution in [3.8, 4) is 6.07 Å². The molecular weight excluding hydrogens is 352 g/mol. The number of hydrogen-bond donors (Lipinski definition) is 3. The van der Waals surface area contributed by atoms with E-state index < -0.39 is 0 Å². The van der Waals surface area contributed by atoms with Crippen LogP contribution in [0.2, 0.25) is 0 Å². The number of hydrogen-bond acceptors (Lipinski definition) is 7. The molecule has 0 radical (unpaired) electrons. The summed E-state index contributed by atoms with van der Waals surface area (Å²) in [6.07, 6.45) is 2.41. The smallest absolute Gasteiger partial charge is 0.153 e. The van der Waals surface area contributed by atoms with Gasteiger partial charge in [-0.25, -0.2) is 4.98 Å². The van der Waals surface area contributed by atoms with Crippen LogP contribution in [0, 0.1) is 30.1 Å². The number of aromatic nitrogens is 4. The van der Waals surface area contributed by atoms with Crippen LogP contribution >= 0.6 is 0 Å². The number of piperidine rings is 1. The first-order valence-corrected chi connectivity index (χ1v) is 9.62. The van der Waals surface area contributed by atoms with E-state index in [2.05, 4.69) is 42.9 Å². The number of nitriles is 1. The van der Waals surface area contributed by atoms with E-state index in [1.165, 1.54) is 0 Å². The molecule has 1 aliphatic carbocycles. The predicted octanol–water partition coefficient (Wildman–Crippen LogP) is 2.66. The van der Waals surface area contributed by atoms with Gasteiger partial charge in [0.15, 0.2) is 5.82 Å². The molecule has 8 nitrogen and oxygen atoms in total. The van der Waals surface area contributed by atoms with Crippen molar-refractivity contribution >= 4 is 28.4 Å². The van der Waals surface area contributed by atoms with Gasteiger partial charge in [-0.2, -0.15) is 10.4 Å². The summed E-state index contributed by atoms with van der Waals surface area (Å²) in [5.41, 5.74) is 1.89. The Morgan fingerprint density at radius 1 is 1.29 bits per heavy atom. The molecule has 0 amide bonds. The summed E-state index contributed by atoms with van der Waals surface area (Å²) >= 11 is 0. The van der Waals surface area contributed by atoms with Gasteiger partial charge in [-0.05, 0) is 30.9 Å². The van der Waals surface area contributed by atoms with Crippen LogP contribution in [0.3, 0.4) is 0 Å². The highest BCUT2D eigenvalue weighted by Crippen LogP contribution is 2.47. The molecule has 3 aromatic heterocycles. The minimum Gasteiger partial charge on any atom is -0.366 e. The summed E-state index contributed by atoms with van der Waals surface area (Å²) in [5.74, 6) is 3.60. The lowest BCUT2D eigenvalue weighted by Gasteiger charge is -2.19. The number of H-pyrrole nitrogens is 1. The number of anilines is 3. The summed E-state index contributed by atoms with van der Waals surface area (Å²) in [7, 11) is 0. The first-order valence-electron chi connectivity index (χ1n) is 9.62. The topological polar surface area (TPSA) is 106 Å². The van der Waals surface area contributed by atoms with E-state index in [-0.39, 0.29) is 0 Å². The summed E-state index contributed by atoms with van der Waals surface area (Å²) in [5, 5.41) is 23.9. The van der Waals surface area contributed by atoms with E-state index in [1.54, 1.807) is 6.20 Å². The standard InChI is InChI=1S/C20H22N8/c1-12-8-18(27-26-12)23-17-9-16-13(4-2-6-22-16)20(24-17)25-19-14-10-28(7-3-5-21)11-15(14)19/h2,4,6,8-9,14-15,19H,3,7,10-11H2,1H3,(H3,23,24,25,26,27). The van der Waals surface area contributed by atoms with E-state index in [9.17, 15) is 0 Å². The Bertz CT molecular complexity index is 1040. The molecule has 3 N–H and O–H groups in total. The first kappa shape index (κ1) is 17.0. The lowest BCUT2D eigenvalue weighted by atomic mass is 10.2. The van der Waals surface area contributed by atoms with Crippen LogP contribution in [0.1, 0.15) is 12.1 Å². The number of rotatable bonds is 6. The van der Waals surface area contributed by atoms with Crippen molar-refractivity contribution in [2.75, 3.05) is 30.3 Å². The number of fused-ring (bicyclic) bond motifs is 2. The monoisotopic (exact) mass is 374 g/mol. The second-order valence-electron chi connectivity index (χ2n) is 7.65. The van der Waals surface area contributed by atoms with Crippen LogP contribution < -0.4 is 10.6 Å². The molecule has 1 saturated heterocycles. The van der Waals surface area contributed by atoms with Gasteiger partial charge >= 0.3 is 0 Å². The molecule has 5 rings (SSSR count). The van der Waals surface area contributed by atoms with E-state index in [1.807, 2.05) is 25.1 Å². The SMILES string of the molecule is Cc1cc(Nc2cc3ncccc3c(NC3C4CN(CCC#N)CC43)n2)n[nH]1. The van der Waals surface area contributed by atoms with Gasteiger partial charge in [0.1, 0.15) is 11.6 Å². The maximum absolute atomic E-state index is 8.77. The molecule has 2 atom stereocenters. The zero-order valence-corrected chi connectivity index (χ0v) is 15.7. The lowest BCUT2D eigenvalue weighted by molar-refractivity contribution is 0.307. The number of aryl methyl sites for hydroxylation is 1. The Morgan fingerprint density at radius 2 is 2.14 bits per heavy atom. The summed E-state index contributed by atoms with van der Waals surface area (Å²) in [6, 6.07) is 10.6. The van der Waals surface area contributed by atoms with Crippen molar-refractivity contribution in [3.63, 3.8) is 0 Å². The minimum atomic E-state index is 0.442. The van der Waals surface area contributed by atoms with Crippen LogP contribution in [0.4, 0.5) is 17.5 Å². The molecule has 0 aromatic carbocycles. The fourth-order valence-electron chi connectivity index (χ4n) is 4.24. The van der Waals surface area contributed by atoms with Gasteiger partial charge in [0, 0.05) is 61.5 Å². The molecule has 1 aliphatic heterocycles. The molecule has 142 valence electrons. The van der Waals surface area contributed by atoms with Crippen LogP contribution in [-0.2, 0) is 0 Å². The van der Waals surface area contributed by atoms with Crippen molar-refractivity contribution < 1.29 is 0 Å². The fraction of sp³-hybridized carbons (Fsp3) is 0.400. The van der Waals surface area contributed by atoms with Crippen LogP contribution in [-0.4, -0.2) is 50.7 Å². The fourth-order valence-corrected chi connectivity index (χ4v) is 4.24. The van der Waals surface area contributed by atoms with Crippen molar-refractivity contribution in [1.82, 2.24) is 25.1 Å². The van der Waals surface area contributed by atoms with Gasteiger partial charge in [0.05, 0.1) is 11.6 Å². The van der Waals surface area contributed by atoms with E-state index >= 15 is 0 Å². The molecule has 2 aliphatic rings. The summed E-state index contributed by atoms with van der Waals surface area (Å²) in [6.45, 7) is 4.96. The highest BCUT2D eigenvalue weighted by molar-refractivity contribution is 5.91. The molecule has 3 aromatic rings. The highest BCUT2D eigenvalue weighted by atomic mass is 15.2. The maximum atomic E-state index is 8.77. The second kappa shape index (κ2) is 6.77. The van der Waals surface area contributed by atoms with Gasteiger partial charge in [0.25, 0.3) is 0 Å². The van der Waals surface area contributed by atoms with E-state index in [0.717, 1.165) is 53.7 Å². The average molecular weight is 374 g/mol. The van der Waals surface area contributed by atoms with E-state index in [4.69, 9.17) is 10.2 Å². The van der Waals surface area contributed by atoms with Crippen molar-refractivity contribution in [1.29, 1.82) is 5.26 Å². The highest BCUT2D eigenvalue weighted by Gasteiger charge is 2.55. The zero-order chi connectivity index (χ0) is 19.1. The third kappa shape index (κ3) is 3.14. The minimum absolute atomic E-state index is 0.442. The maximum Gasteiger partial charge on any atom is 0.153 e. The van der Waals surface area contributed by atoms with Gasteiger partial charge in [-0.15, -0.1) is 0 Å². The Morgan fingerprint density at radius 3 is 2.89 bits per heavy atom. The Balaban J connectivity index is 1.35. The van der Waals surface area contributed by atoms with Gasteiger partial charge < -0.3 is 15.5 Å². The lowest BCUT2D eigenvalue weighted by Crippen LogP contribution is -2.28. The Labute approximate surface area is 163 Å². The third-order valence-corrected chi connectivity index (χ3v) is 5.67. The van der Waals surface area contributed by atoms with Crippen LogP contribution in [0.15, 0.2) is 30.5 Å². The molecule has 28 heavy (non-hydrogen) atoms. The molecule has 2 fully saturated rings. The molecule has 8 heteroatoms. The number of nitrogens with zero attached hydrogens (tertiary/aromatic N) is 5. The normalized spacial score (nSPS) is 23.4. The summed E-state index contributed by atoms with van der Waals surface area (Å²) in [4.78, 5) is 11.7. The first-order chi connectivity index (χ1) is 13.7. The summed E-state index contributed by atoms with van der Waals surface area (Å²) < 4.78 is 0. The van der Waals surface area contributed by atoms with Crippen molar-refractivity contribution in [3.05, 3.63) is 36.2 Å². The van der Waals surface area contributed by atoms with Gasteiger partial charge in [-0.1, -0.05) is 0 Å². The molecule has 1 saturated carbocycles. The quantitative estimate of drug-likeness (QED) is 0.609. The number of nitrogens with one attached hydrogen (secondary N) is 3. The molecule has 4 heterocycles.